The van der Waals surface area contributed by atoms with Gasteiger partial charge in [-0.15, -0.1) is 0 Å². The zero-order valence-corrected chi connectivity index (χ0v) is 11.0. The highest BCUT2D eigenvalue weighted by Crippen LogP contribution is 2.29. The van der Waals surface area contributed by atoms with Crippen LogP contribution in [-0.2, 0) is 4.74 Å². The molecule has 0 heterocycles. The number of hydrogen-bond acceptors (Lipinski definition) is 1. The first kappa shape index (κ1) is 13.4. The molecule has 0 atom stereocenters. The van der Waals surface area contributed by atoms with E-state index in [2.05, 4.69) is 43.6 Å². The molecular weight excluding hydrogens is 228 g/mol. The fraction of sp³-hybridized carbons (Fsp3) is 1.00. The Morgan fingerprint density at radius 1 is 1.23 bits per heavy atom. The van der Waals surface area contributed by atoms with Crippen molar-refractivity contribution in [3.05, 3.63) is 0 Å². The predicted octanol–water partition coefficient (Wildman–Crippen LogP) is 3.86. The molecule has 0 aliphatic rings. The van der Waals surface area contributed by atoms with E-state index in [0.717, 1.165) is 18.5 Å². The quantitative estimate of drug-likeness (QED) is 0.624. The topological polar surface area (TPSA) is 9.23 Å². The van der Waals surface area contributed by atoms with Crippen LogP contribution in [0.3, 0.4) is 0 Å². The fourth-order valence-corrected chi connectivity index (χ4v) is 2.15. The van der Waals surface area contributed by atoms with Crippen LogP contribution in [0.2, 0.25) is 0 Å². The SMILES string of the molecule is CCC(CC)(CBr)COCC(C)C. The van der Waals surface area contributed by atoms with Crippen LogP contribution >= 0.6 is 15.9 Å². The zero-order chi connectivity index (χ0) is 10.3. The molecule has 1 nitrogen and oxygen atoms in total. The maximum Gasteiger partial charge on any atom is 0.0530 e. The standard InChI is InChI=1S/C11H23BrO/c1-5-11(6-2,8-12)9-13-7-10(3)4/h10H,5-9H2,1-4H3. The van der Waals surface area contributed by atoms with Gasteiger partial charge in [0.25, 0.3) is 0 Å². The Kier molecular flexibility index (Phi) is 7.06. The van der Waals surface area contributed by atoms with Crippen molar-refractivity contribution >= 4 is 15.9 Å². The molecule has 0 spiro atoms. The third kappa shape index (κ3) is 5.02. The fourth-order valence-electron chi connectivity index (χ4n) is 1.19. The Morgan fingerprint density at radius 2 is 1.77 bits per heavy atom. The molecule has 0 fully saturated rings. The second-order valence-corrected chi connectivity index (χ2v) is 4.81. The molecule has 0 radical (unpaired) electrons. The van der Waals surface area contributed by atoms with E-state index >= 15 is 0 Å². The van der Waals surface area contributed by atoms with Gasteiger partial charge in [-0.25, -0.2) is 0 Å². The van der Waals surface area contributed by atoms with Crippen LogP contribution in [0.5, 0.6) is 0 Å². The summed E-state index contributed by atoms with van der Waals surface area (Å²) in [6, 6.07) is 0. The van der Waals surface area contributed by atoms with E-state index in [0.29, 0.717) is 11.3 Å². The maximum absolute atomic E-state index is 5.70. The highest BCUT2D eigenvalue weighted by molar-refractivity contribution is 9.09. The molecule has 0 aromatic rings. The minimum atomic E-state index is 0.356. The van der Waals surface area contributed by atoms with Crippen molar-refractivity contribution in [1.29, 1.82) is 0 Å². The first-order chi connectivity index (χ1) is 6.10. The molecule has 2 heteroatoms. The summed E-state index contributed by atoms with van der Waals surface area (Å²) in [5.74, 6) is 0.640. The molecule has 0 amide bonds. The number of ether oxygens (including phenoxy) is 1. The molecule has 13 heavy (non-hydrogen) atoms. The summed E-state index contributed by atoms with van der Waals surface area (Å²) < 4.78 is 5.70. The lowest BCUT2D eigenvalue weighted by molar-refractivity contribution is 0.0373. The van der Waals surface area contributed by atoms with Crippen molar-refractivity contribution in [1.82, 2.24) is 0 Å². The van der Waals surface area contributed by atoms with Crippen molar-refractivity contribution < 1.29 is 4.74 Å². The van der Waals surface area contributed by atoms with Gasteiger partial charge < -0.3 is 4.74 Å². The molecule has 0 rings (SSSR count). The van der Waals surface area contributed by atoms with E-state index in [1.54, 1.807) is 0 Å². The van der Waals surface area contributed by atoms with E-state index < -0.39 is 0 Å². The molecule has 80 valence electrons. The van der Waals surface area contributed by atoms with Gasteiger partial charge in [0.2, 0.25) is 0 Å². The lowest BCUT2D eigenvalue weighted by Gasteiger charge is -2.29. The summed E-state index contributed by atoms with van der Waals surface area (Å²) in [4.78, 5) is 0. The van der Waals surface area contributed by atoms with E-state index in [-0.39, 0.29) is 0 Å². The third-order valence-corrected chi connectivity index (χ3v) is 3.83. The molecule has 0 unspecified atom stereocenters. The number of halogens is 1. The summed E-state index contributed by atoms with van der Waals surface area (Å²) in [5.41, 5.74) is 0.356. The van der Waals surface area contributed by atoms with Crippen LogP contribution in [0.25, 0.3) is 0 Å². The molecule has 0 saturated carbocycles. The molecule has 0 N–H and O–H groups in total. The van der Waals surface area contributed by atoms with Gasteiger partial charge in [0.05, 0.1) is 6.61 Å². The normalized spacial score (nSPS) is 12.5. The van der Waals surface area contributed by atoms with Gasteiger partial charge in [-0.3, -0.25) is 0 Å². The van der Waals surface area contributed by atoms with Gasteiger partial charge in [-0.05, 0) is 18.8 Å². The molecule has 0 aromatic carbocycles. The van der Waals surface area contributed by atoms with Crippen molar-refractivity contribution in [3.63, 3.8) is 0 Å². The van der Waals surface area contributed by atoms with Gasteiger partial charge in [-0.1, -0.05) is 43.6 Å². The number of rotatable bonds is 7. The second-order valence-electron chi connectivity index (χ2n) is 4.25. The van der Waals surface area contributed by atoms with Crippen LogP contribution in [0.4, 0.5) is 0 Å². The van der Waals surface area contributed by atoms with Crippen molar-refractivity contribution in [2.75, 3.05) is 18.5 Å². The predicted molar refractivity (Wildman–Crippen MR) is 62.5 cm³/mol. The van der Waals surface area contributed by atoms with E-state index in [4.69, 9.17) is 4.74 Å². The van der Waals surface area contributed by atoms with Gasteiger partial charge in [0.15, 0.2) is 0 Å². The van der Waals surface area contributed by atoms with E-state index in [9.17, 15) is 0 Å². The molecule has 0 saturated heterocycles. The number of alkyl halides is 1. The minimum Gasteiger partial charge on any atom is -0.381 e. The largest absolute Gasteiger partial charge is 0.381 e. The Bertz CT molecular complexity index is 111. The average Bonchev–Trinajstić information content (AvgIpc) is 2.13. The van der Waals surface area contributed by atoms with Gasteiger partial charge in [0.1, 0.15) is 0 Å². The van der Waals surface area contributed by atoms with Gasteiger partial charge >= 0.3 is 0 Å². The van der Waals surface area contributed by atoms with Crippen LogP contribution < -0.4 is 0 Å². The van der Waals surface area contributed by atoms with Crippen LogP contribution in [0, 0.1) is 11.3 Å². The molecule has 0 bridgehead atoms. The number of hydrogen-bond donors (Lipinski definition) is 0. The monoisotopic (exact) mass is 250 g/mol. The molecule has 0 aliphatic heterocycles. The molecule has 0 aliphatic carbocycles. The van der Waals surface area contributed by atoms with E-state index in [1.165, 1.54) is 12.8 Å². The second kappa shape index (κ2) is 6.83. The highest BCUT2D eigenvalue weighted by Gasteiger charge is 2.24. The summed E-state index contributed by atoms with van der Waals surface area (Å²) in [6.07, 6.45) is 2.37. The summed E-state index contributed by atoms with van der Waals surface area (Å²) >= 11 is 3.58. The summed E-state index contributed by atoms with van der Waals surface area (Å²) in [6.45, 7) is 10.6. The first-order valence-electron chi connectivity index (χ1n) is 5.24. The minimum absolute atomic E-state index is 0.356. The zero-order valence-electron chi connectivity index (χ0n) is 9.40. The third-order valence-electron chi connectivity index (χ3n) is 2.64. The maximum atomic E-state index is 5.70. The Morgan fingerprint density at radius 3 is 2.08 bits per heavy atom. The van der Waals surface area contributed by atoms with Crippen LogP contribution in [0.15, 0.2) is 0 Å². The Balaban J connectivity index is 3.81. The molecular formula is C11H23BrO. The summed E-state index contributed by atoms with van der Waals surface area (Å²) in [7, 11) is 0. The highest BCUT2D eigenvalue weighted by atomic mass is 79.9. The van der Waals surface area contributed by atoms with Crippen molar-refractivity contribution in [2.24, 2.45) is 11.3 Å². The first-order valence-corrected chi connectivity index (χ1v) is 6.36. The molecule has 0 aromatic heterocycles. The Hall–Kier alpha value is 0.440. The lowest BCUT2D eigenvalue weighted by atomic mass is 9.86. The Labute approximate surface area is 91.4 Å². The van der Waals surface area contributed by atoms with Crippen molar-refractivity contribution in [3.8, 4) is 0 Å². The van der Waals surface area contributed by atoms with Gasteiger partial charge in [0, 0.05) is 17.4 Å². The van der Waals surface area contributed by atoms with Crippen molar-refractivity contribution in [2.45, 2.75) is 40.5 Å². The average molecular weight is 251 g/mol. The van der Waals surface area contributed by atoms with Crippen LogP contribution in [0.1, 0.15) is 40.5 Å². The van der Waals surface area contributed by atoms with Gasteiger partial charge in [-0.2, -0.15) is 0 Å². The lowest BCUT2D eigenvalue weighted by Crippen LogP contribution is -2.28. The van der Waals surface area contributed by atoms with E-state index in [1.807, 2.05) is 0 Å². The van der Waals surface area contributed by atoms with Crippen LogP contribution in [-0.4, -0.2) is 18.5 Å². The summed E-state index contributed by atoms with van der Waals surface area (Å²) in [5, 5.41) is 1.05. The smallest absolute Gasteiger partial charge is 0.0530 e.